The number of ether oxygens (including phenoxy) is 1. The van der Waals surface area contributed by atoms with Crippen LogP contribution in [0, 0.1) is 0 Å². The summed E-state index contributed by atoms with van der Waals surface area (Å²) in [6.07, 6.45) is 2.78. The van der Waals surface area contributed by atoms with Crippen molar-refractivity contribution >= 4 is 16.5 Å². The molecule has 1 N–H and O–H groups in total. The minimum Gasteiger partial charge on any atom is -0.377 e. The lowest BCUT2D eigenvalue weighted by molar-refractivity contribution is 0.0792. The van der Waals surface area contributed by atoms with Crippen molar-refractivity contribution in [1.29, 1.82) is 0 Å². The molecule has 0 amide bonds. The van der Waals surface area contributed by atoms with Gasteiger partial charge in [0.25, 0.3) is 0 Å². The monoisotopic (exact) mass is 256 g/mol. The van der Waals surface area contributed by atoms with Gasteiger partial charge in [-0.3, -0.25) is 4.90 Å². The summed E-state index contributed by atoms with van der Waals surface area (Å²) >= 11 is 1.63. The van der Waals surface area contributed by atoms with Crippen LogP contribution in [0.3, 0.4) is 0 Å². The molecule has 1 aliphatic rings. The number of aromatic nitrogens is 2. The Labute approximate surface area is 106 Å². The summed E-state index contributed by atoms with van der Waals surface area (Å²) in [4.78, 5) is 2.26. The van der Waals surface area contributed by atoms with E-state index < -0.39 is 0 Å². The third kappa shape index (κ3) is 3.90. The Hall–Kier alpha value is -0.720. The molecule has 1 saturated heterocycles. The molecule has 0 radical (unpaired) electrons. The quantitative estimate of drug-likeness (QED) is 0.837. The number of hydrogen-bond acceptors (Lipinski definition) is 6. The van der Waals surface area contributed by atoms with Crippen molar-refractivity contribution in [2.24, 2.45) is 0 Å². The Bertz CT molecular complexity index is 338. The molecular weight excluding hydrogens is 236 g/mol. The highest BCUT2D eigenvalue weighted by Gasteiger charge is 2.18. The summed E-state index contributed by atoms with van der Waals surface area (Å²) in [5, 5.41) is 13.4. The van der Waals surface area contributed by atoms with Gasteiger partial charge in [0.2, 0.25) is 5.13 Å². The first-order chi connectivity index (χ1) is 8.28. The second kappa shape index (κ2) is 6.28. The second-order valence-corrected chi connectivity index (χ2v) is 5.43. The maximum absolute atomic E-state index is 5.62. The smallest absolute Gasteiger partial charge is 0.205 e. The first-order valence-electron chi connectivity index (χ1n) is 6.14. The average Bonchev–Trinajstić information content (AvgIpc) is 2.91. The summed E-state index contributed by atoms with van der Waals surface area (Å²) < 4.78 is 5.62. The van der Waals surface area contributed by atoms with E-state index in [1.165, 1.54) is 12.8 Å². The molecule has 1 aliphatic heterocycles. The van der Waals surface area contributed by atoms with Gasteiger partial charge < -0.3 is 10.1 Å². The molecule has 17 heavy (non-hydrogen) atoms. The zero-order valence-corrected chi connectivity index (χ0v) is 11.3. The first kappa shape index (κ1) is 12.7. The number of hydrogen-bond donors (Lipinski definition) is 1. The highest BCUT2D eigenvalue weighted by Crippen LogP contribution is 2.18. The fraction of sp³-hybridized carbons (Fsp3) is 0.818. The van der Waals surface area contributed by atoms with E-state index in [-0.39, 0.29) is 0 Å². The lowest BCUT2D eigenvalue weighted by atomic mass is 10.2. The van der Waals surface area contributed by atoms with E-state index in [1.807, 2.05) is 0 Å². The van der Waals surface area contributed by atoms with Crippen molar-refractivity contribution < 1.29 is 4.74 Å². The first-order valence-corrected chi connectivity index (χ1v) is 6.96. The lowest BCUT2D eigenvalue weighted by Gasteiger charge is -2.18. The van der Waals surface area contributed by atoms with Crippen LogP contribution >= 0.6 is 11.3 Å². The third-order valence-corrected chi connectivity index (χ3v) is 3.61. The van der Waals surface area contributed by atoms with Crippen LogP contribution in [0.4, 0.5) is 5.13 Å². The number of likely N-dealkylation sites (N-methyl/N-ethyl adjacent to an activating group) is 1. The van der Waals surface area contributed by atoms with E-state index in [0.717, 1.165) is 36.4 Å². The SMILES string of the molecule is CCNc1nnc(CN(C)CC2CCCO2)s1. The molecule has 5 nitrogen and oxygen atoms in total. The normalized spacial score (nSPS) is 20.1. The predicted molar refractivity (Wildman–Crippen MR) is 69.4 cm³/mol. The fourth-order valence-electron chi connectivity index (χ4n) is 1.97. The maximum Gasteiger partial charge on any atom is 0.205 e. The van der Waals surface area contributed by atoms with Crippen LogP contribution in [0.25, 0.3) is 0 Å². The minimum absolute atomic E-state index is 0.404. The minimum atomic E-state index is 0.404. The summed E-state index contributed by atoms with van der Waals surface area (Å²) in [5.41, 5.74) is 0. The summed E-state index contributed by atoms with van der Waals surface area (Å²) in [6.45, 7) is 5.70. The van der Waals surface area contributed by atoms with Crippen molar-refractivity contribution in [3.05, 3.63) is 5.01 Å². The molecular formula is C11H20N4OS. The van der Waals surface area contributed by atoms with Gasteiger partial charge in [-0.25, -0.2) is 0 Å². The predicted octanol–water partition coefficient (Wildman–Crippen LogP) is 1.58. The van der Waals surface area contributed by atoms with E-state index in [2.05, 4.69) is 34.4 Å². The number of nitrogens with zero attached hydrogens (tertiary/aromatic N) is 3. The molecule has 1 unspecified atom stereocenters. The molecule has 0 aromatic carbocycles. The number of rotatable bonds is 6. The van der Waals surface area contributed by atoms with E-state index in [1.54, 1.807) is 11.3 Å². The maximum atomic E-state index is 5.62. The third-order valence-electron chi connectivity index (χ3n) is 2.74. The van der Waals surface area contributed by atoms with Gasteiger partial charge in [-0.15, -0.1) is 10.2 Å². The Morgan fingerprint density at radius 1 is 1.53 bits per heavy atom. The van der Waals surface area contributed by atoms with E-state index in [4.69, 9.17) is 4.74 Å². The molecule has 2 rings (SSSR count). The molecule has 2 heterocycles. The van der Waals surface area contributed by atoms with Crippen molar-refractivity contribution in [2.75, 3.05) is 32.1 Å². The van der Waals surface area contributed by atoms with E-state index in [0.29, 0.717) is 6.10 Å². The summed E-state index contributed by atoms with van der Waals surface area (Å²) in [5.74, 6) is 0. The average molecular weight is 256 g/mol. The highest BCUT2D eigenvalue weighted by atomic mass is 32.1. The summed E-state index contributed by atoms with van der Waals surface area (Å²) in [7, 11) is 2.11. The number of anilines is 1. The van der Waals surface area contributed by atoms with Crippen molar-refractivity contribution in [3.8, 4) is 0 Å². The fourth-order valence-corrected chi connectivity index (χ4v) is 2.86. The molecule has 1 aromatic rings. The van der Waals surface area contributed by atoms with Crippen LogP contribution in [0.2, 0.25) is 0 Å². The molecule has 1 aromatic heterocycles. The van der Waals surface area contributed by atoms with Crippen LogP contribution in [0.15, 0.2) is 0 Å². The van der Waals surface area contributed by atoms with Gasteiger partial charge in [-0.1, -0.05) is 11.3 Å². The molecule has 96 valence electrons. The van der Waals surface area contributed by atoms with Crippen molar-refractivity contribution in [3.63, 3.8) is 0 Å². The van der Waals surface area contributed by atoms with Gasteiger partial charge >= 0.3 is 0 Å². The molecule has 1 atom stereocenters. The van der Waals surface area contributed by atoms with Crippen LogP contribution in [0.5, 0.6) is 0 Å². The zero-order chi connectivity index (χ0) is 12.1. The van der Waals surface area contributed by atoms with Gasteiger partial charge in [0.15, 0.2) is 0 Å². The molecule has 0 saturated carbocycles. The van der Waals surface area contributed by atoms with Gasteiger partial charge in [-0.2, -0.15) is 0 Å². The Kier molecular flexibility index (Phi) is 4.70. The van der Waals surface area contributed by atoms with Crippen LogP contribution in [-0.2, 0) is 11.3 Å². The zero-order valence-electron chi connectivity index (χ0n) is 10.5. The van der Waals surface area contributed by atoms with Gasteiger partial charge in [0.1, 0.15) is 5.01 Å². The molecule has 0 bridgehead atoms. The van der Waals surface area contributed by atoms with Crippen LogP contribution in [0.1, 0.15) is 24.8 Å². The largest absolute Gasteiger partial charge is 0.377 e. The molecule has 0 spiro atoms. The lowest BCUT2D eigenvalue weighted by Crippen LogP contribution is -2.28. The highest BCUT2D eigenvalue weighted by molar-refractivity contribution is 7.15. The van der Waals surface area contributed by atoms with Crippen LogP contribution < -0.4 is 5.32 Å². The van der Waals surface area contributed by atoms with Gasteiger partial charge in [0, 0.05) is 19.7 Å². The Morgan fingerprint density at radius 2 is 2.41 bits per heavy atom. The Morgan fingerprint density at radius 3 is 3.12 bits per heavy atom. The topological polar surface area (TPSA) is 50.3 Å². The van der Waals surface area contributed by atoms with Crippen molar-refractivity contribution in [2.45, 2.75) is 32.4 Å². The Balaban J connectivity index is 1.78. The van der Waals surface area contributed by atoms with E-state index in [9.17, 15) is 0 Å². The van der Waals surface area contributed by atoms with Crippen LogP contribution in [-0.4, -0.2) is 47.9 Å². The summed E-state index contributed by atoms with van der Waals surface area (Å²) in [6, 6.07) is 0. The standard InChI is InChI=1S/C11H20N4OS/c1-3-12-11-14-13-10(17-11)8-15(2)7-9-5-4-6-16-9/h9H,3-8H2,1-2H3,(H,12,14). The second-order valence-electron chi connectivity index (χ2n) is 4.36. The van der Waals surface area contributed by atoms with Gasteiger partial charge in [0.05, 0.1) is 12.6 Å². The molecule has 6 heteroatoms. The van der Waals surface area contributed by atoms with Crippen molar-refractivity contribution in [1.82, 2.24) is 15.1 Å². The van der Waals surface area contributed by atoms with Gasteiger partial charge in [-0.05, 0) is 26.8 Å². The number of nitrogens with one attached hydrogen (secondary N) is 1. The molecule has 0 aliphatic carbocycles. The van der Waals surface area contributed by atoms with E-state index >= 15 is 0 Å². The molecule has 1 fully saturated rings.